The molecular weight excluding hydrogens is 480 g/mol. The maximum atomic E-state index is 13.1. The van der Waals surface area contributed by atoms with Crippen LogP contribution in [0.25, 0.3) is 11.1 Å². The van der Waals surface area contributed by atoms with Gasteiger partial charge in [-0.3, -0.25) is 25.1 Å². The van der Waals surface area contributed by atoms with Gasteiger partial charge in [-0.05, 0) is 42.5 Å². The van der Waals surface area contributed by atoms with Gasteiger partial charge < -0.3 is 14.6 Å². The molecule has 3 aromatic heterocycles. The Kier molecular flexibility index (Phi) is 7.26. The second-order valence-electron chi connectivity index (χ2n) is 6.99. The van der Waals surface area contributed by atoms with Crippen LogP contribution < -0.4 is 14.8 Å². The van der Waals surface area contributed by atoms with Crippen LogP contribution >= 0.6 is 22.9 Å². The summed E-state index contributed by atoms with van der Waals surface area (Å²) in [4.78, 5) is 25.5. The Morgan fingerprint density at radius 3 is 2.62 bits per heavy atom. The Morgan fingerprint density at radius 1 is 1.09 bits per heavy atom. The molecule has 0 saturated heterocycles. The summed E-state index contributed by atoms with van der Waals surface area (Å²) >= 11 is 7.26. The van der Waals surface area contributed by atoms with E-state index in [1.54, 1.807) is 31.4 Å². The molecule has 4 rings (SSSR count). The highest BCUT2D eigenvalue weighted by molar-refractivity contribution is 7.17. The second kappa shape index (κ2) is 10.5. The fraction of sp³-hybridized carbons (Fsp3) is 0.182. The van der Waals surface area contributed by atoms with E-state index < -0.39 is 5.91 Å². The normalized spacial score (nSPS) is 10.7. The maximum absolute atomic E-state index is 13.1. The lowest BCUT2D eigenvalue weighted by molar-refractivity contribution is 0.102. The van der Waals surface area contributed by atoms with E-state index in [-0.39, 0.29) is 23.5 Å². The summed E-state index contributed by atoms with van der Waals surface area (Å²) in [6.07, 6.45) is 4.46. The number of hydrogen-bond donors (Lipinski definition) is 2. The lowest BCUT2D eigenvalue weighted by atomic mass is 9.99. The molecule has 174 valence electrons. The minimum absolute atomic E-state index is 0.113. The summed E-state index contributed by atoms with van der Waals surface area (Å²) < 4.78 is 11.0. The highest BCUT2D eigenvalue weighted by Crippen LogP contribution is 2.35. The number of carbonyl (C=O) groups excluding carboxylic acids is 1. The number of hydrogen-bond acceptors (Lipinski definition) is 10. The van der Waals surface area contributed by atoms with E-state index in [1.165, 1.54) is 18.6 Å². The zero-order valence-electron chi connectivity index (χ0n) is 18.1. The van der Waals surface area contributed by atoms with Crippen LogP contribution in [0, 0.1) is 6.92 Å². The van der Waals surface area contributed by atoms with E-state index in [0.717, 1.165) is 17.0 Å². The molecule has 34 heavy (non-hydrogen) atoms. The zero-order chi connectivity index (χ0) is 24.1. The van der Waals surface area contributed by atoms with E-state index in [0.29, 0.717) is 38.9 Å². The van der Waals surface area contributed by atoms with E-state index in [4.69, 9.17) is 26.2 Å². The van der Waals surface area contributed by atoms with Gasteiger partial charge in [0.1, 0.15) is 12.4 Å². The smallest absolute Gasteiger partial charge is 0.296 e. The summed E-state index contributed by atoms with van der Waals surface area (Å²) in [5, 5.41) is 20.7. The van der Waals surface area contributed by atoms with Gasteiger partial charge in [0.05, 0.1) is 43.1 Å². The van der Waals surface area contributed by atoms with Crippen molar-refractivity contribution in [3.8, 4) is 22.1 Å². The summed E-state index contributed by atoms with van der Waals surface area (Å²) in [5.74, 6) is 0.156. The number of carbonyl (C=O) groups is 1. The number of ether oxygens (including phenoxy) is 2. The number of nitrogens with one attached hydrogen (secondary N) is 1. The van der Waals surface area contributed by atoms with Crippen molar-refractivity contribution in [2.24, 2.45) is 0 Å². The summed E-state index contributed by atoms with van der Waals surface area (Å²) in [6, 6.07) is 6.98. The molecule has 4 aromatic rings. The number of halogens is 1. The molecular formula is C22H19ClN6O4S. The molecule has 0 bridgehead atoms. The van der Waals surface area contributed by atoms with Crippen LogP contribution in [0.3, 0.4) is 0 Å². The lowest BCUT2D eigenvalue weighted by Crippen LogP contribution is -2.14. The fourth-order valence-corrected chi connectivity index (χ4v) is 3.77. The van der Waals surface area contributed by atoms with Gasteiger partial charge in [0.2, 0.25) is 5.13 Å². The van der Waals surface area contributed by atoms with Crippen molar-refractivity contribution >= 4 is 34.0 Å². The second-order valence-corrected chi connectivity index (χ2v) is 8.37. The predicted molar refractivity (Wildman–Crippen MR) is 126 cm³/mol. The molecule has 1 aromatic carbocycles. The molecule has 0 aliphatic heterocycles. The number of aliphatic hydroxyl groups is 1. The topological polar surface area (TPSA) is 132 Å². The van der Waals surface area contributed by atoms with Crippen LogP contribution in [0.2, 0.25) is 5.02 Å². The minimum Gasteiger partial charge on any atom is -0.496 e. The number of pyridine rings is 1. The van der Waals surface area contributed by atoms with Crippen LogP contribution in [0.4, 0.5) is 5.13 Å². The van der Waals surface area contributed by atoms with Gasteiger partial charge in [-0.2, -0.15) is 0 Å². The molecule has 0 aliphatic carbocycles. The number of nitrogens with zero attached hydrogens (tertiary/aromatic N) is 5. The van der Waals surface area contributed by atoms with Gasteiger partial charge in [-0.1, -0.05) is 16.7 Å². The van der Waals surface area contributed by atoms with Gasteiger partial charge in [0.15, 0.2) is 0 Å². The van der Waals surface area contributed by atoms with Crippen LogP contribution in [0.15, 0.2) is 42.9 Å². The number of methoxy groups -OCH3 is 1. The third kappa shape index (κ3) is 5.45. The van der Waals surface area contributed by atoms with Gasteiger partial charge >= 0.3 is 0 Å². The molecule has 0 radical (unpaired) electrons. The average Bonchev–Trinajstić information content (AvgIpc) is 3.30. The number of anilines is 1. The largest absolute Gasteiger partial charge is 0.496 e. The lowest BCUT2D eigenvalue weighted by Gasteiger charge is -2.13. The Balaban J connectivity index is 1.50. The number of benzene rings is 1. The standard InChI is InChI=1S/C22H19ClN6O4S/c1-12-5-16(17-6-13(23)3-4-19(17)32-2)18(9-24-12)20(31)27-21-28-29-22(34-21)33-11-15-8-25-14(10-30)7-26-15/h3-9,30H,10-11H2,1-2H3,(H,27,28,31). The van der Waals surface area contributed by atoms with Gasteiger partial charge in [0.25, 0.3) is 11.1 Å². The van der Waals surface area contributed by atoms with Gasteiger partial charge in [-0.25, -0.2) is 0 Å². The number of aromatic nitrogens is 5. The Labute approximate surface area is 203 Å². The fourth-order valence-electron chi connectivity index (χ4n) is 3.01. The first kappa shape index (κ1) is 23.5. The number of amides is 1. The van der Waals surface area contributed by atoms with Crippen molar-refractivity contribution in [3.63, 3.8) is 0 Å². The van der Waals surface area contributed by atoms with Gasteiger partial charge in [0, 0.05) is 28.0 Å². The monoisotopic (exact) mass is 498 g/mol. The van der Waals surface area contributed by atoms with Crippen LogP contribution in [0.1, 0.15) is 27.4 Å². The van der Waals surface area contributed by atoms with Crippen LogP contribution in [-0.2, 0) is 13.2 Å². The molecule has 0 aliphatic rings. The molecule has 0 saturated carbocycles. The van der Waals surface area contributed by atoms with Crippen molar-refractivity contribution in [2.45, 2.75) is 20.1 Å². The van der Waals surface area contributed by atoms with E-state index in [9.17, 15) is 4.79 Å². The van der Waals surface area contributed by atoms with Crippen LogP contribution in [-0.4, -0.2) is 43.3 Å². The molecule has 3 heterocycles. The first-order valence-electron chi connectivity index (χ1n) is 9.95. The molecule has 0 unspecified atom stereocenters. The van der Waals surface area contributed by atoms with E-state index in [1.807, 2.05) is 6.92 Å². The highest BCUT2D eigenvalue weighted by atomic mass is 35.5. The number of rotatable bonds is 8. The summed E-state index contributed by atoms with van der Waals surface area (Å²) in [5.41, 5.74) is 3.36. The molecule has 2 N–H and O–H groups in total. The molecule has 12 heteroatoms. The van der Waals surface area contributed by atoms with Crippen molar-refractivity contribution in [1.82, 2.24) is 25.1 Å². The quantitative estimate of drug-likeness (QED) is 0.373. The Morgan fingerprint density at radius 2 is 1.88 bits per heavy atom. The predicted octanol–water partition coefficient (Wildman–Crippen LogP) is 3.68. The molecule has 0 atom stereocenters. The first-order chi connectivity index (χ1) is 16.5. The molecule has 10 nitrogen and oxygen atoms in total. The van der Waals surface area contributed by atoms with Crippen LogP contribution in [0.5, 0.6) is 10.9 Å². The van der Waals surface area contributed by atoms with E-state index >= 15 is 0 Å². The third-order valence-electron chi connectivity index (χ3n) is 4.63. The number of aliphatic hydroxyl groups excluding tert-OH is 1. The summed E-state index contributed by atoms with van der Waals surface area (Å²) in [7, 11) is 1.55. The number of aryl methyl sites for hydroxylation is 1. The first-order valence-corrected chi connectivity index (χ1v) is 11.1. The van der Waals surface area contributed by atoms with Gasteiger partial charge in [-0.15, -0.1) is 5.10 Å². The third-order valence-corrected chi connectivity index (χ3v) is 5.61. The van der Waals surface area contributed by atoms with Crippen molar-refractivity contribution in [3.05, 3.63) is 70.5 Å². The summed E-state index contributed by atoms with van der Waals surface area (Å²) in [6.45, 7) is 1.76. The molecule has 1 amide bonds. The van der Waals surface area contributed by atoms with E-state index in [2.05, 4.69) is 30.5 Å². The molecule has 0 fully saturated rings. The van der Waals surface area contributed by atoms with Crippen molar-refractivity contribution in [1.29, 1.82) is 0 Å². The van der Waals surface area contributed by atoms with Crippen molar-refractivity contribution < 1.29 is 19.4 Å². The minimum atomic E-state index is -0.419. The maximum Gasteiger partial charge on any atom is 0.296 e. The Hall–Kier alpha value is -3.67. The Bertz CT molecular complexity index is 1320. The molecule has 0 spiro atoms. The SMILES string of the molecule is COc1ccc(Cl)cc1-c1cc(C)ncc1C(=O)Nc1nnc(OCc2cnc(CO)cn2)s1. The van der Waals surface area contributed by atoms with Crippen molar-refractivity contribution in [2.75, 3.05) is 12.4 Å². The zero-order valence-corrected chi connectivity index (χ0v) is 19.7. The average molecular weight is 499 g/mol. The highest BCUT2D eigenvalue weighted by Gasteiger charge is 2.19.